The van der Waals surface area contributed by atoms with Crippen molar-refractivity contribution < 1.29 is 0 Å². The lowest BCUT2D eigenvalue weighted by Crippen LogP contribution is -2.45. The van der Waals surface area contributed by atoms with E-state index in [-0.39, 0.29) is 0 Å². The third-order valence-electron chi connectivity index (χ3n) is 6.85. The summed E-state index contributed by atoms with van der Waals surface area (Å²) in [6.45, 7) is 6.64. The molecule has 0 bridgehead atoms. The van der Waals surface area contributed by atoms with Gasteiger partial charge in [0.25, 0.3) is 0 Å². The SMILES string of the molecule is C=C1C=CC2(C)C(=C1)CCC1C3CCCC3CCC12. The molecular formula is C19H26. The van der Waals surface area contributed by atoms with Crippen LogP contribution >= 0.6 is 0 Å². The third kappa shape index (κ3) is 1.65. The van der Waals surface area contributed by atoms with Crippen molar-refractivity contribution in [2.24, 2.45) is 29.1 Å². The molecule has 0 saturated heterocycles. The van der Waals surface area contributed by atoms with Crippen molar-refractivity contribution >= 4 is 0 Å². The van der Waals surface area contributed by atoms with E-state index in [2.05, 4.69) is 31.7 Å². The zero-order chi connectivity index (χ0) is 13.0. The Hall–Kier alpha value is -0.780. The maximum absolute atomic E-state index is 4.13. The molecule has 0 aromatic heterocycles. The summed E-state index contributed by atoms with van der Waals surface area (Å²) in [5.41, 5.74) is 3.25. The van der Waals surface area contributed by atoms with Gasteiger partial charge in [-0.25, -0.2) is 0 Å². The number of allylic oxidation sites excluding steroid dienone is 5. The van der Waals surface area contributed by atoms with E-state index in [9.17, 15) is 0 Å². The zero-order valence-corrected chi connectivity index (χ0v) is 12.2. The van der Waals surface area contributed by atoms with Gasteiger partial charge in [-0.15, -0.1) is 0 Å². The van der Waals surface area contributed by atoms with Crippen molar-refractivity contribution in [1.82, 2.24) is 0 Å². The molecule has 0 amide bonds. The van der Waals surface area contributed by atoms with Crippen LogP contribution in [-0.2, 0) is 0 Å². The van der Waals surface area contributed by atoms with Crippen LogP contribution in [0.5, 0.6) is 0 Å². The molecule has 0 heteroatoms. The first-order chi connectivity index (χ1) is 9.18. The van der Waals surface area contributed by atoms with Gasteiger partial charge in [0.2, 0.25) is 0 Å². The first-order valence-corrected chi connectivity index (χ1v) is 8.28. The second-order valence-corrected chi connectivity index (χ2v) is 7.60. The van der Waals surface area contributed by atoms with E-state index < -0.39 is 0 Å². The Kier molecular flexibility index (Phi) is 2.59. The topological polar surface area (TPSA) is 0 Å². The monoisotopic (exact) mass is 254 g/mol. The van der Waals surface area contributed by atoms with Crippen LogP contribution in [0.4, 0.5) is 0 Å². The van der Waals surface area contributed by atoms with Crippen LogP contribution in [0.15, 0.2) is 36.0 Å². The van der Waals surface area contributed by atoms with E-state index in [1.54, 1.807) is 5.57 Å². The van der Waals surface area contributed by atoms with E-state index in [0.29, 0.717) is 5.41 Å². The van der Waals surface area contributed by atoms with Gasteiger partial charge in [0, 0.05) is 5.41 Å². The molecule has 3 fully saturated rings. The maximum Gasteiger partial charge on any atom is 0.0100 e. The smallest absolute Gasteiger partial charge is 0.0100 e. The molecule has 5 atom stereocenters. The summed E-state index contributed by atoms with van der Waals surface area (Å²) in [6.07, 6.45) is 17.5. The van der Waals surface area contributed by atoms with Crippen LogP contribution < -0.4 is 0 Å². The molecular weight excluding hydrogens is 228 g/mol. The normalized spacial score (nSPS) is 48.3. The first-order valence-electron chi connectivity index (χ1n) is 8.28. The minimum atomic E-state index is 0.359. The number of hydrogen-bond acceptors (Lipinski definition) is 0. The van der Waals surface area contributed by atoms with Crippen molar-refractivity contribution in [3.05, 3.63) is 36.0 Å². The molecule has 0 aromatic carbocycles. The molecule has 19 heavy (non-hydrogen) atoms. The summed E-state index contributed by atoms with van der Waals surface area (Å²) in [4.78, 5) is 0. The number of fused-ring (bicyclic) bond motifs is 5. The number of hydrogen-bond donors (Lipinski definition) is 0. The van der Waals surface area contributed by atoms with Crippen LogP contribution in [0.1, 0.15) is 51.9 Å². The summed E-state index contributed by atoms with van der Waals surface area (Å²) < 4.78 is 0. The largest absolute Gasteiger partial charge is 0.0918 e. The van der Waals surface area contributed by atoms with Crippen molar-refractivity contribution in [1.29, 1.82) is 0 Å². The van der Waals surface area contributed by atoms with Gasteiger partial charge < -0.3 is 0 Å². The summed E-state index contributed by atoms with van der Waals surface area (Å²) >= 11 is 0. The standard InChI is InChI=1S/C19H26/c1-13-10-11-19(2)15(12-13)7-8-17-16-5-3-4-14(16)6-9-18(17)19/h10-12,14,16-18H,1,3-9H2,2H3. The Morgan fingerprint density at radius 1 is 1.11 bits per heavy atom. The molecule has 0 heterocycles. The van der Waals surface area contributed by atoms with Gasteiger partial charge in [-0.1, -0.05) is 50.1 Å². The molecule has 4 rings (SSSR count). The lowest BCUT2D eigenvalue weighted by Gasteiger charge is -2.53. The summed E-state index contributed by atoms with van der Waals surface area (Å²) in [5.74, 6) is 4.07. The Morgan fingerprint density at radius 3 is 2.89 bits per heavy atom. The van der Waals surface area contributed by atoms with E-state index in [0.717, 1.165) is 23.7 Å². The molecule has 0 N–H and O–H groups in total. The van der Waals surface area contributed by atoms with Crippen LogP contribution in [0.3, 0.4) is 0 Å². The van der Waals surface area contributed by atoms with Crippen LogP contribution in [-0.4, -0.2) is 0 Å². The van der Waals surface area contributed by atoms with Gasteiger partial charge in [-0.3, -0.25) is 0 Å². The van der Waals surface area contributed by atoms with Crippen molar-refractivity contribution in [3.63, 3.8) is 0 Å². The maximum atomic E-state index is 4.13. The highest BCUT2D eigenvalue weighted by molar-refractivity contribution is 5.43. The third-order valence-corrected chi connectivity index (χ3v) is 6.85. The molecule has 0 radical (unpaired) electrons. The van der Waals surface area contributed by atoms with E-state index in [1.165, 1.54) is 50.5 Å². The molecule has 5 unspecified atom stereocenters. The molecule has 4 aliphatic carbocycles. The lowest BCUT2D eigenvalue weighted by atomic mass is 9.51. The highest BCUT2D eigenvalue weighted by Gasteiger charge is 2.51. The minimum Gasteiger partial charge on any atom is -0.0918 e. The highest BCUT2D eigenvalue weighted by atomic mass is 14.6. The van der Waals surface area contributed by atoms with Gasteiger partial charge in [0.05, 0.1) is 0 Å². The molecule has 102 valence electrons. The predicted octanol–water partition coefficient (Wildman–Crippen LogP) is 5.28. The summed E-state index contributed by atoms with van der Waals surface area (Å²) in [7, 11) is 0. The van der Waals surface area contributed by atoms with Gasteiger partial charge >= 0.3 is 0 Å². The highest BCUT2D eigenvalue weighted by Crippen LogP contribution is 2.60. The molecule has 0 nitrogen and oxygen atoms in total. The fraction of sp³-hybridized carbons (Fsp3) is 0.684. The number of rotatable bonds is 0. The zero-order valence-electron chi connectivity index (χ0n) is 12.2. The average Bonchev–Trinajstić information content (AvgIpc) is 2.88. The Labute approximate surface area is 117 Å². The van der Waals surface area contributed by atoms with Gasteiger partial charge in [0.15, 0.2) is 0 Å². The Bertz CT molecular complexity index is 466. The Morgan fingerprint density at radius 2 is 2.00 bits per heavy atom. The fourth-order valence-corrected chi connectivity index (χ4v) is 5.89. The second kappa shape index (κ2) is 4.11. The van der Waals surface area contributed by atoms with Crippen LogP contribution in [0.2, 0.25) is 0 Å². The Balaban J connectivity index is 1.70. The fourth-order valence-electron chi connectivity index (χ4n) is 5.89. The molecule has 0 aliphatic heterocycles. The minimum absolute atomic E-state index is 0.359. The summed E-state index contributed by atoms with van der Waals surface area (Å²) in [6, 6.07) is 0. The lowest BCUT2D eigenvalue weighted by molar-refractivity contribution is 0.0304. The quantitative estimate of drug-likeness (QED) is 0.551. The molecule has 0 aromatic rings. The van der Waals surface area contributed by atoms with E-state index in [4.69, 9.17) is 0 Å². The van der Waals surface area contributed by atoms with E-state index >= 15 is 0 Å². The van der Waals surface area contributed by atoms with Gasteiger partial charge in [0.1, 0.15) is 0 Å². The average molecular weight is 254 g/mol. The summed E-state index contributed by atoms with van der Waals surface area (Å²) in [5, 5.41) is 0. The van der Waals surface area contributed by atoms with Gasteiger partial charge in [-0.05, 0) is 61.3 Å². The predicted molar refractivity (Wildman–Crippen MR) is 80.7 cm³/mol. The molecule has 4 aliphatic rings. The van der Waals surface area contributed by atoms with Crippen molar-refractivity contribution in [2.75, 3.05) is 0 Å². The van der Waals surface area contributed by atoms with Gasteiger partial charge in [-0.2, -0.15) is 0 Å². The molecule has 3 saturated carbocycles. The first kappa shape index (κ1) is 12.0. The van der Waals surface area contributed by atoms with E-state index in [1.807, 2.05) is 0 Å². The van der Waals surface area contributed by atoms with Crippen molar-refractivity contribution in [2.45, 2.75) is 51.9 Å². The second-order valence-electron chi connectivity index (χ2n) is 7.60. The van der Waals surface area contributed by atoms with Crippen LogP contribution in [0.25, 0.3) is 0 Å². The van der Waals surface area contributed by atoms with Crippen molar-refractivity contribution in [3.8, 4) is 0 Å². The van der Waals surface area contributed by atoms with Crippen LogP contribution in [0, 0.1) is 29.1 Å². The molecule has 0 spiro atoms.